The van der Waals surface area contributed by atoms with Crippen LogP contribution in [0.5, 0.6) is 5.75 Å². The molecule has 0 bridgehead atoms. The lowest BCUT2D eigenvalue weighted by molar-refractivity contribution is -0.136. The van der Waals surface area contributed by atoms with E-state index in [2.05, 4.69) is 27.2 Å². The predicted molar refractivity (Wildman–Crippen MR) is 102 cm³/mol. The van der Waals surface area contributed by atoms with Gasteiger partial charge in [-0.2, -0.15) is 0 Å². The predicted octanol–water partition coefficient (Wildman–Crippen LogP) is 2.15. The number of hydrogen-bond acceptors (Lipinski definition) is 4. The molecule has 0 radical (unpaired) electrons. The first-order chi connectivity index (χ1) is 11.8. The number of ether oxygens (including phenoxy) is 1. The van der Waals surface area contributed by atoms with Gasteiger partial charge in [0, 0.05) is 38.6 Å². The minimum atomic E-state index is 0. The molecule has 2 aliphatic rings. The van der Waals surface area contributed by atoms with Crippen molar-refractivity contribution in [2.45, 2.75) is 25.8 Å². The minimum Gasteiger partial charge on any atom is -0.497 e. The summed E-state index contributed by atoms with van der Waals surface area (Å²) in [5.74, 6) is 1.51. The summed E-state index contributed by atoms with van der Waals surface area (Å²) in [7, 11) is 1.69. The molecule has 1 aromatic rings. The molecule has 0 aromatic heterocycles. The third-order valence-corrected chi connectivity index (χ3v) is 5.15. The van der Waals surface area contributed by atoms with Crippen LogP contribution >= 0.6 is 12.4 Å². The molecule has 140 valence electrons. The van der Waals surface area contributed by atoms with Crippen molar-refractivity contribution < 1.29 is 9.53 Å². The smallest absolute Gasteiger partial charge is 0.225 e. The van der Waals surface area contributed by atoms with Crippen LogP contribution < -0.4 is 10.1 Å². The van der Waals surface area contributed by atoms with Gasteiger partial charge in [-0.3, -0.25) is 9.69 Å². The summed E-state index contributed by atoms with van der Waals surface area (Å²) in [5.41, 5.74) is 1.30. The maximum Gasteiger partial charge on any atom is 0.225 e. The Morgan fingerprint density at radius 2 is 1.84 bits per heavy atom. The monoisotopic (exact) mass is 367 g/mol. The summed E-state index contributed by atoms with van der Waals surface area (Å²) in [6.45, 7) is 6.69. The fourth-order valence-electron chi connectivity index (χ4n) is 3.67. The van der Waals surface area contributed by atoms with E-state index in [-0.39, 0.29) is 18.3 Å². The van der Waals surface area contributed by atoms with Crippen LogP contribution in [0.1, 0.15) is 24.8 Å². The van der Waals surface area contributed by atoms with Crippen molar-refractivity contribution in [3.8, 4) is 5.75 Å². The Morgan fingerprint density at radius 1 is 1.12 bits per heavy atom. The van der Waals surface area contributed by atoms with Crippen LogP contribution in [0.2, 0.25) is 0 Å². The van der Waals surface area contributed by atoms with Gasteiger partial charge in [-0.1, -0.05) is 12.1 Å². The van der Waals surface area contributed by atoms with Gasteiger partial charge in [-0.05, 0) is 50.0 Å². The zero-order valence-corrected chi connectivity index (χ0v) is 15.9. The van der Waals surface area contributed by atoms with Crippen LogP contribution in [0.25, 0.3) is 0 Å². The van der Waals surface area contributed by atoms with Crippen molar-refractivity contribution in [2.75, 3.05) is 46.4 Å². The van der Waals surface area contributed by atoms with E-state index < -0.39 is 0 Å². The quantitative estimate of drug-likeness (QED) is 0.885. The molecule has 0 aliphatic carbocycles. The Bertz CT molecular complexity index is 532. The number of carbonyl (C=O) groups is 1. The van der Waals surface area contributed by atoms with Gasteiger partial charge in [-0.15, -0.1) is 12.4 Å². The number of nitrogens with one attached hydrogen (secondary N) is 1. The number of halogens is 1. The summed E-state index contributed by atoms with van der Waals surface area (Å²) >= 11 is 0. The van der Waals surface area contributed by atoms with Gasteiger partial charge < -0.3 is 15.0 Å². The largest absolute Gasteiger partial charge is 0.497 e. The third kappa shape index (κ3) is 5.59. The molecule has 3 rings (SSSR count). The average Bonchev–Trinajstić information content (AvgIpc) is 2.88. The molecule has 2 aliphatic heterocycles. The molecule has 1 amide bonds. The molecule has 6 heteroatoms. The van der Waals surface area contributed by atoms with E-state index in [0.717, 1.165) is 70.8 Å². The van der Waals surface area contributed by atoms with Crippen LogP contribution in [-0.4, -0.2) is 62.1 Å². The Kier molecular flexibility index (Phi) is 8.00. The number of hydrogen-bond donors (Lipinski definition) is 1. The molecule has 1 N–H and O–H groups in total. The van der Waals surface area contributed by atoms with Crippen LogP contribution in [0.4, 0.5) is 0 Å². The maximum atomic E-state index is 12.7. The van der Waals surface area contributed by atoms with Crippen molar-refractivity contribution in [3.05, 3.63) is 29.8 Å². The molecule has 2 saturated heterocycles. The highest BCUT2D eigenvalue weighted by Gasteiger charge is 2.27. The van der Waals surface area contributed by atoms with Gasteiger partial charge in [0.2, 0.25) is 5.91 Å². The van der Waals surface area contributed by atoms with Crippen molar-refractivity contribution in [1.82, 2.24) is 15.1 Å². The Hall–Kier alpha value is -1.30. The summed E-state index contributed by atoms with van der Waals surface area (Å²) in [4.78, 5) is 17.3. The number of piperidine rings is 1. The molecule has 1 aromatic carbocycles. The fraction of sp³-hybridized carbons (Fsp3) is 0.632. The van der Waals surface area contributed by atoms with E-state index in [1.54, 1.807) is 7.11 Å². The SMILES string of the molecule is COc1ccc(CN2CCCN(C(=O)C3CCNCC3)CC2)cc1.Cl. The lowest BCUT2D eigenvalue weighted by Gasteiger charge is -2.29. The second kappa shape index (κ2) is 10.00. The molecular weight excluding hydrogens is 338 g/mol. The van der Waals surface area contributed by atoms with Gasteiger partial charge in [-0.25, -0.2) is 0 Å². The molecular formula is C19H30ClN3O2. The lowest BCUT2D eigenvalue weighted by Crippen LogP contribution is -2.42. The maximum absolute atomic E-state index is 12.7. The minimum absolute atomic E-state index is 0. The van der Waals surface area contributed by atoms with Gasteiger partial charge in [0.25, 0.3) is 0 Å². The van der Waals surface area contributed by atoms with Crippen LogP contribution in [0, 0.1) is 5.92 Å². The molecule has 2 heterocycles. The van der Waals surface area contributed by atoms with Crippen LogP contribution in [0.3, 0.4) is 0 Å². The lowest BCUT2D eigenvalue weighted by atomic mass is 9.96. The summed E-state index contributed by atoms with van der Waals surface area (Å²) in [6.07, 6.45) is 3.04. The Balaban J connectivity index is 0.00000225. The average molecular weight is 368 g/mol. The van der Waals surface area contributed by atoms with Crippen molar-refractivity contribution >= 4 is 18.3 Å². The number of benzene rings is 1. The fourth-order valence-corrected chi connectivity index (χ4v) is 3.67. The zero-order valence-electron chi connectivity index (χ0n) is 15.1. The summed E-state index contributed by atoms with van der Waals surface area (Å²) in [5, 5.41) is 3.34. The summed E-state index contributed by atoms with van der Waals surface area (Å²) in [6, 6.07) is 8.28. The normalized spacial score (nSPS) is 19.8. The molecule has 0 unspecified atom stereocenters. The van der Waals surface area contributed by atoms with E-state index in [0.29, 0.717) is 5.91 Å². The van der Waals surface area contributed by atoms with Gasteiger partial charge in [0.15, 0.2) is 0 Å². The van der Waals surface area contributed by atoms with Crippen molar-refractivity contribution in [2.24, 2.45) is 5.92 Å². The van der Waals surface area contributed by atoms with E-state index in [1.807, 2.05) is 12.1 Å². The Labute approximate surface area is 157 Å². The third-order valence-electron chi connectivity index (χ3n) is 5.15. The molecule has 2 fully saturated rings. The molecule has 0 atom stereocenters. The zero-order chi connectivity index (χ0) is 16.8. The van der Waals surface area contributed by atoms with Crippen LogP contribution in [0.15, 0.2) is 24.3 Å². The Morgan fingerprint density at radius 3 is 2.52 bits per heavy atom. The number of carbonyl (C=O) groups excluding carboxylic acids is 1. The first-order valence-corrected chi connectivity index (χ1v) is 9.11. The first kappa shape index (κ1) is 20.0. The summed E-state index contributed by atoms with van der Waals surface area (Å²) < 4.78 is 5.21. The first-order valence-electron chi connectivity index (χ1n) is 9.11. The standard InChI is InChI=1S/C19H29N3O2.ClH/c1-24-18-5-3-16(4-6-18)15-21-11-2-12-22(14-13-21)19(23)17-7-9-20-10-8-17;/h3-6,17,20H,2,7-15H2,1H3;1H. The second-order valence-electron chi connectivity index (χ2n) is 6.83. The second-order valence-corrected chi connectivity index (χ2v) is 6.83. The number of rotatable bonds is 4. The molecule has 0 spiro atoms. The van der Waals surface area contributed by atoms with Crippen molar-refractivity contribution in [3.63, 3.8) is 0 Å². The van der Waals surface area contributed by atoms with Gasteiger partial charge in [0.05, 0.1) is 7.11 Å². The highest BCUT2D eigenvalue weighted by Crippen LogP contribution is 2.18. The highest BCUT2D eigenvalue weighted by atomic mass is 35.5. The van der Waals surface area contributed by atoms with E-state index in [9.17, 15) is 4.79 Å². The molecule has 25 heavy (non-hydrogen) atoms. The van der Waals surface area contributed by atoms with E-state index in [4.69, 9.17) is 4.74 Å². The van der Waals surface area contributed by atoms with Gasteiger partial charge in [0.1, 0.15) is 5.75 Å². The molecule has 0 saturated carbocycles. The van der Waals surface area contributed by atoms with E-state index in [1.165, 1.54) is 5.56 Å². The van der Waals surface area contributed by atoms with Gasteiger partial charge >= 0.3 is 0 Å². The molecule has 5 nitrogen and oxygen atoms in total. The van der Waals surface area contributed by atoms with E-state index >= 15 is 0 Å². The number of amides is 1. The number of nitrogens with zero attached hydrogens (tertiary/aromatic N) is 2. The van der Waals surface area contributed by atoms with Crippen LogP contribution in [-0.2, 0) is 11.3 Å². The highest BCUT2D eigenvalue weighted by molar-refractivity contribution is 5.85. The van der Waals surface area contributed by atoms with Crippen molar-refractivity contribution in [1.29, 1.82) is 0 Å². The topological polar surface area (TPSA) is 44.8 Å². The number of methoxy groups -OCH3 is 1.